The summed E-state index contributed by atoms with van der Waals surface area (Å²) >= 11 is 0. The number of ether oxygens (including phenoxy) is 1. The molecular formula is C10H11O. The third-order valence-electron chi connectivity index (χ3n) is 2.07. The normalized spacial score (nSPS) is 16.5. The van der Waals surface area contributed by atoms with Crippen LogP contribution in [-0.2, 0) is 0 Å². The molecule has 0 atom stereocenters. The van der Waals surface area contributed by atoms with Crippen molar-refractivity contribution in [2.45, 2.75) is 18.8 Å². The first-order valence-corrected chi connectivity index (χ1v) is 3.96. The van der Waals surface area contributed by atoms with Gasteiger partial charge in [0.25, 0.3) is 0 Å². The van der Waals surface area contributed by atoms with Crippen molar-refractivity contribution in [3.8, 4) is 5.75 Å². The van der Waals surface area contributed by atoms with Crippen LogP contribution < -0.4 is 4.74 Å². The first-order chi connectivity index (χ1) is 5.40. The Balaban J connectivity index is 2.26. The summed E-state index contributed by atoms with van der Waals surface area (Å²) in [6.45, 7) is 0. The lowest BCUT2D eigenvalue weighted by Crippen LogP contribution is -1.84. The monoisotopic (exact) mass is 147 g/mol. The molecule has 1 aromatic carbocycles. The molecule has 0 bridgehead atoms. The molecule has 0 N–H and O–H groups in total. The first-order valence-electron chi connectivity index (χ1n) is 3.96. The standard InChI is InChI=1S/C10H11O/c1-11-10-4-2-3-9(7-10)8-5-6-8/h2-3,7-8H,5-6H2,1H3. The van der Waals surface area contributed by atoms with Gasteiger partial charge in [0.2, 0.25) is 0 Å². The molecule has 1 aliphatic rings. The minimum Gasteiger partial charge on any atom is -0.496 e. The average molecular weight is 147 g/mol. The van der Waals surface area contributed by atoms with Crippen molar-refractivity contribution < 1.29 is 4.74 Å². The molecule has 57 valence electrons. The second-order valence-electron chi connectivity index (χ2n) is 2.96. The minimum atomic E-state index is 0.804. The number of rotatable bonds is 2. The summed E-state index contributed by atoms with van der Waals surface area (Å²) in [5.74, 6) is 1.66. The lowest BCUT2D eigenvalue weighted by molar-refractivity contribution is 0.413. The van der Waals surface area contributed by atoms with Crippen LogP contribution in [0.3, 0.4) is 0 Å². The van der Waals surface area contributed by atoms with Gasteiger partial charge in [-0.25, -0.2) is 0 Å². The summed E-state index contributed by atoms with van der Waals surface area (Å²) in [5.41, 5.74) is 1.40. The van der Waals surface area contributed by atoms with E-state index in [9.17, 15) is 0 Å². The maximum atomic E-state index is 5.08. The predicted molar refractivity (Wildman–Crippen MR) is 43.8 cm³/mol. The van der Waals surface area contributed by atoms with Crippen molar-refractivity contribution in [1.82, 2.24) is 0 Å². The van der Waals surface area contributed by atoms with E-state index in [1.54, 1.807) is 7.11 Å². The van der Waals surface area contributed by atoms with Crippen LogP contribution in [0.25, 0.3) is 0 Å². The van der Waals surface area contributed by atoms with Crippen LogP contribution >= 0.6 is 0 Å². The summed E-state index contributed by atoms with van der Waals surface area (Å²) in [7, 11) is 1.68. The summed E-state index contributed by atoms with van der Waals surface area (Å²) in [5, 5.41) is 0. The van der Waals surface area contributed by atoms with E-state index in [1.807, 2.05) is 6.07 Å². The molecule has 0 aliphatic heterocycles. The Hall–Kier alpha value is -0.980. The van der Waals surface area contributed by atoms with Gasteiger partial charge in [-0.1, -0.05) is 12.1 Å². The van der Waals surface area contributed by atoms with Crippen LogP contribution in [0.15, 0.2) is 18.2 Å². The van der Waals surface area contributed by atoms with Gasteiger partial charge < -0.3 is 4.74 Å². The zero-order valence-electron chi connectivity index (χ0n) is 6.63. The second-order valence-corrected chi connectivity index (χ2v) is 2.96. The molecule has 0 heterocycles. The van der Waals surface area contributed by atoms with Crippen molar-refractivity contribution in [2.24, 2.45) is 0 Å². The fraction of sp³-hybridized carbons (Fsp3) is 0.400. The van der Waals surface area contributed by atoms with Crippen LogP contribution in [0.1, 0.15) is 24.3 Å². The van der Waals surface area contributed by atoms with Gasteiger partial charge in [0.05, 0.1) is 7.11 Å². The Kier molecular flexibility index (Phi) is 1.57. The van der Waals surface area contributed by atoms with Crippen LogP contribution in [-0.4, -0.2) is 7.11 Å². The summed E-state index contributed by atoms with van der Waals surface area (Å²) in [6.07, 6.45) is 2.68. The maximum absolute atomic E-state index is 5.08. The van der Waals surface area contributed by atoms with Crippen LogP contribution in [0.5, 0.6) is 5.75 Å². The predicted octanol–water partition coefficient (Wildman–Crippen LogP) is 2.37. The van der Waals surface area contributed by atoms with Gasteiger partial charge in [-0.2, -0.15) is 0 Å². The Bertz CT molecular complexity index is 251. The smallest absolute Gasteiger partial charge is 0.127 e. The van der Waals surface area contributed by atoms with Crippen molar-refractivity contribution in [2.75, 3.05) is 7.11 Å². The molecule has 0 amide bonds. The first kappa shape index (κ1) is 6.71. The molecule has 1 saturated carbocycles. The van der Waals surface area contributed by atoms with E-state index in [0.717, 1.165) is 11.7 Å². The van der Waals surface area contributed by atoms with E-state index < -0.39 is 0 Å². The fourth-order valence-electron chi connectivity index (χ4n) is 1.25. The van der Waals surface area contributed by atoms with E-state index in [2.05, 4.69) is 18.2 Å². The SMILES string of the molecule is COc1[c]ccc(C2CC2)c1. The fourth-order valence-corrected chi connectivity index (χ4v) is 1.25. The average Bonchev–Trinajstić information content (AvgIpc) is 2.87. The van der Waals surface area contributed by atoms with Crippen LogP contribution in [0.4, 0.5) is 0 Å². The van der Waals surface area contributed by atoms with Crippen molar-refractivity contribution in [3.63, 3.8) is 0 Å². The Labute approximate surface area is 67.0 Å². The zero-order valence-corrected chi connectivity index (χ0v) is 6.63. The van der Waals surface area contributed by atoms with Gasteiger partial charge in [-0.3, -0.25) is 0 Å². The van der Waals surface area contributed by atoms with E-state index in [1.165, 1.54) is 18.4 Å². The minimum absolute atomic E-state index is 0.804. The number of methoxy groups -OCH3 is 1. The van der Waals surface area contributed by atoms with Gasteiger partial charge >= 0.3 is 0 Å². The molecule has 1 nitrogen and oxygen atoms in total. The topological polar surface area (TPSA) is 9.23 Å². The molecule has 1 aliphatic carbocycles. The Morgan fingerprint density at radius 1 is 1.55 bits per heavy atom. The molecule has 0 saturated heterocycles. The quantitative estimate of drug-likeness (QED) is 0.624. The highest BCUT2D eigenvalue weighted by molar-refractivity contribution is 5.31. The van der Waals surface area contributed by atoms with Crippen LogP contribution in [0, 0.1) is 6.07 Å². The maximum Gasteiger partial charge on any atom is 0.127 e. The molecule has 2 rings (SSSR count). The van der Waals surface area contributed by atoms with Gasteiger partial charge in [0.1, 0.15) is 5.75 Å². The molecule has 0 spiro atoms. The number of hydrogen-bond donors (Lipinski definition) is 0. The van der Waals surface area contributed by atoms with Crippen molar-refractivity contribution in [3.05, 3.63) is 29.8 Å². The third-order valence-corrected chi connectivity index (χ3v) is 2.07. The number of benzene rings is 1. The molecule has 11 heavy (non-hydrogen) atoms. The lowest BCUT2D eigenvalue weighted by atomic mass is 10.1. The molecule has 1 fully saturated rings. The summed E-state index contributed by atoms with van der Waals surface area (Å²) in [4.78, 5) is 0. The zero-order chi connectivity index (χ0) is 7.68. The highest BCUT2D eigenvalue weighted by atomic mass is 16.5. The Morgan fingerprint density at radius 2 is 2.36 bits per heavy atom. The highest BCUT2D eigenvalue weighted by Gasteiger charge is 2.23. The molecule has 1 aromatic rings. The largest absolute Gasteiger partial charge is 0.496 e. The molecule has 1 radical (unpaired) electrons. The van der Waals surface area contributed by atoms with Gasteiger partial charge in [0, 0.05) is 6.07 Å². The Morgan fingerprint density at radius 3 is 3.00 bits per heavy atom. The van der Waals surface area contributed by atoms with Gasteiger partial charge in [0.15, 0.2) is 0 Å². The molecule has 1 heteroatoms. The van der Waals surface area contributed by atoms with E-state index in [-0.39, 0.29) is 0 Å². The molecule has 0 unspecified atom stereocenters. The summed E-state index contributed by atoms with van der Waals surface area (Å²) < 4.78 is 5.08. The summed E-state index contributed by atoms with van der Waals surface area (Å²) in [6, 6.07) is 9.16. The van der Waals surface area contributed by atoms with Crippen molar-refractivity contribution >= 4 is 0 Å². The van der Waals surface area contributed by atoms with E-state index >= 15 is 0 Å². The van der Waals surface area contributed by atoms with E-state index in [4.69, 9.17) is 4.74 Å². The second kappa shape index (κ2) is 2.57. The van der Waals surface area contributed by atoms with E-state index in [0.29, 0.717) is 0 Å². The van der Waals surface area contributed by atoms with Gasteiger partial charge in [-0.15, -0.1) is 0 Å². The van der Waals surface area contributed by atoms with Gasteiger partial charge in [-0.05, 0) is 30.4 Å². The molecule has 0 aromatic heterocycles. The molecular weight excluding hydrogens is 136 g/mol. The third kappa shape index (κ3) is 1.37. The van der Waals surface area contributed by atoms with Crippen molar-refractivity contribution in [1.29, 1.82) is 0 Å². The lowest BCUT2D eigenvalue weighted by Gasteiger charge is -2.00. The van der Waals surface area contributed by atoms with Crippen LogP contribution in [0.2, 0.25) is 0 Å². The highest BCUT2D eigenvalue weighted by Crippen LogP contribution is 2.40. The number of hydrogen-bond acceptors (Lipinski definition) is 1.